The van der Waals surface area contributed by atoms with Crippen molar-refractivity contribution in [2.24, 2.45) is 0 Å². The first kappa shape index (κ1) is 9.30. The van der Waals surface area contributed by atoms with Gasteiger partial charge in [-0.05, 0) is 13.8 Å². The van der Waals surface area contributed by atoms with Crippen LogP contribution in [0.25, 0.3) is 0 Å². The largest absolute Gasteiger partial charge is 0.322 e. The Balaban J connectivity index is 3.08. The van der Waals surface area contributed by atoms with Crippen molar-refractivity contribution in [2.45, 2.75) is 46.1 Å². The molecule has 67 valence electrons. The molecule has 2 heteroatoms. The van der Waals surface area contributed by atoms with E-state index in [1.807, 2.05) is 6.20 Å². The zero-order valence-electron chi connectivity index (χ0n) is 8.55. The van der Waals surface area contributed by atoms with Crippen LogP contribution in [0.1, 0.15) is 46.4 Å². The summed E-state index contributed by atoms with van der Waals surface area (Å²) in [6.45, 7) is 10.9. The minimum atomic E-state index is 0.164. The van der Waals surface area contributed by atoms with Gasteiger partial charge in [-0.3, -0.25) is 0 Å². The van der Waals surface area contributed by atoms with Crippen molar-refractivity contribution in [3.8, 4) is 0 Å². The van der Waals surface area contributed by atoms with Gasteiger partial charge in [-0.2, -0.15) is 0 Å². The van der Waals surface area contributed by atoms with Gasteiger partial charge in [0, 0.05) is 23.3 Å². The van der Waals surface area contributed by atoms with Crippen LogP contribution in [-0.4, -0.2) is 9.55 Å². The fourth-order valence-electron chi connectivity index (χ4n) is 1.22. The molecule has 0 bridgehead atoms. The third-order valence-corrected chi connectivity index (χ3v) is 1.90. The van der Waals surface area contributed by atoms with Gasteiger partial charge in [0.2, 0.25) is 0 Å². The molecule has 2 nitrogen and oxygen atoms in total. The summed E-state index contributed by atoms with van der Waals surface area (Å²) in [5.41, 5.74) is 1.41. The summed E-state index contributed by atoms with van der Waals surface area (Å²) in [7, 11) is 0. The Kier molecular flexibility index (Phi) is 2.27. The second-order valence-corrected chi connectivity index (χ2v) is 4.46. The lowest BCUT2D eigenvalue weighted by atomic mass is 9.92. The van der Waals surface area contributed by atoms with Crippen LogP contribution >= 0.6 is 0 Å². The van der Waals surface area contributed by atoms with E-state index in [2.05, 4.69) is 50.5 Å². The summed E-state index contributed by atoms with van der Waals surface area (Å²) in [5, 5.41) is 0. The molecule has 0 aromatic carbocycles. The maximum atomic E-state index is 4.05. The average molecular weight is 165 g/mol. The third kappa shape index (κ3) is 1.68. The van der Waals surface area contributed by atoms with E-state index in [4.69, 9.17) is 0 Å². The van der Waals surface area contributed by atoms with E-state index in [-0.39, 0.29) is 5.41 Å². The standard InChI is InChI=1S/C10H17N2/c1-8(2)12-7-11-6-9(12)10(3,4)5/h6,8H,1-5H3. The molecule has 1 heterocycles. The van der Waals surface area contributed by atoms with Gasteiger partial charge in [-0.1, -0.05) is 20.8 Å². The summed E-state index contributed by atoms with van der Waals surface area (Å²) in [5.74, 6) is 0. The van der Waals surface area contributed by atoms with E-state index < -0.39 is 0 Å². The highest BCUT2D eigenvalue weighted by molar-refractivity contribution is 5.10. The van der Waals surface area contributed by atoms with Crippen LogP contribution in [0.5, 0.6) is 0 Å². The number of aromatic nitrogens is 2. The Bertz CT molecular complexity index is 253. The summed E-state index contributed by atoms with van der Waals surface area (Å²) in [4.78, 5) is 4.05. The van der Waals surface area contributed by atoms with Crippen molar-refractivity contribution in [2.75, 3.05) is 0 Å². The molecule has 0 unspecified atom stereocenters. The molecule has 0 amide bonds. The molecular formula is C10H17N2. The van der Waals surface area contributed by atoms with Crippen LogP contribution in [0, 0.1) is 6.33 Å². The van der Waals surface area contributed by atoms with Crippen molar-refractivity contribution in [3.05, 3.63) is 18.2 Å². The van der Waals surface area contributed by atoms with E-state index in [1.165, 1.54) is 5.69 Å². The molecule has 0 aliphatic heterocycles. The number of rotatable bonds is 1. The maximum absolute atomic E-state index is 4.05. The van der Waals surface area contributed by atoms with Crippen molar-refractivity contribution in [3.63, 3.8) is 0 Å². The fourth-order valence-corrected chi connectivity index (χ4v) is 1.22. The molecule has 0 N–H and O–H groups in total. The van der Waals surface area contributed by atoms with Gasteiger partial charge < -0.3 is 4.57 Å². The van der Waals surface area contributed by atoms with E-state index in [1.54, 1.807) is 0 Å². The van der Waals surface area contributed by atoms with Gasteiger partial charge in [0.05, 0.1) is 0 Å². The SMILES string of the molecule is CC(C)n1[c]ncc1C(C)(C)C. The van der Waals surface area contributed by atoms with Gasteiger partial charge in [-0.15, -0.1) is 0 Å². The highest BCUT2D eigenvalue weighted by Crippen LogP contribution is 2.23. The molecular weight excluding hydrogens is 148 g/mol. The normalized spacial score (nSPS) is 12.5. The molecule has 0 spiro atoms. The molecule has 0 atom stereocenters. The van der Waals surface area contributed by atoms with E-state index in [0.717, 1.165) is 0 Å². The molecule has 12 heavy (non-hydrogen) atoms. The number of hydrogen-bond acceptors (Lipinski definition) is 1. The van der Waals surface area contributed by atoms with Crippen LogP contribution in [-0.2, 0) is 5.41 Å². The molecule has 1 rings (SSSR count). The van der Waals surface area contributed by atoms with Gasteiger partial charge >= 0.3 is 0 Å². The number of imidazole rings is 1. The quantitative estimate of drug-likeness (QED) is 0.625. The van der Waals surface area contributed by atoms with Crippen LogP contribution in [0.2, 0.25) is 0 Å². The smallest absolute Gasteiger partial charge is 0.176 e. The van der Waals surface area contributed by atoms with Gasteiger partial charge in [0.15, 0.2) is 6.33 Å². The van der Waals surface area contributed by atoms with Crippen molar-refractivity contribution < 1.29 is 0 Å². The Morgan fingerprint density at radius 2 is 2.00 bits per heavy atom. The fraction of sp³-hybridized carbons (Fsp3) is 0.700. The summed E-state index contributed by atoms with van der Waals surface area (Å²) >= 11 is 0. The highest BCUT2D eigenvalue weighted by Gasteiger charge is 2.19. The van der Waals surface area contributed by atoms with E-state index in [9.17, 15) is 0 Å². The summed E-state index contributed by atoms with van der Waals surface area (Å²) < 4.78 is 2.10. The molecule has 1 aromatic heterocycles. The first-order valence-corrected chi connectivity index (χ1v) is 4.38. The molecule has 0 fully saturated rings. The first-order chi connectivity index (χ1) is 5.43. The monoisotopic (exact) mass is 165 g/mol. The lowest BCUT2D eigenvalue weighted by Crippen LogP contribution is -2.18. The second-order valence-electron chi connectivity index (χ2n) is 4.46. The van der Waals surface area contributed by atoms with Gasteiger partial charge in [0.25, 0.3) is 0 Å². The van der Waals surface area contributed by atoms with Crippen LogP contribution < -0.4 is 0 Å². The topological polar surface area (TPSA) is 17.8 Å². The minimum Gasteiger partial charge on any atom is -0.322 e. The molecule has 1 aromatic rings. The van der Waals surface area contributed by atoms with Crippen LogP contribution in [0.15, 0.2) is 6.20 Å². The van der Waals surface area contributed by atoms with Crippen LogP contribution in [0.4, 0.5) is 0 Å². The van der Waals surface area contributed by atoms with Crippen LogP contribution in [0.3, 0.4) is 0 Å². The lowest BCUT2D eigenvalue weighted by molar-refractivity contribution is 0.482. The zero-order valence-corrected chi connectivity index (χ0v) is 8.55. The van der Waals surface area contributed by atoms with Gasteiger partial charge in [-0.25, -0.2) is 4.98 Å². The second kappa shape index (κ2) is 2.92. The Hall–Kier alpha value is -0.790. The predicted molar refractivity (Wildman–Crippen MR) is 50.1 cm³/mol. The molecule has 0 aliphatic carbocycles. The van der Waals surface area contributed by atoms with Crippen molar-refractivity contribution in [1.29, 1.82) is 0 Å². The maximum Gasteiger partial charge on any atom is 0.176 e. The molecule has 0 saturated heterocycles. The zero-order chi connectivity index (χ0) is 9.35. The lowest BCUT2D eigenvalue weighted by Gasteiger charge is -2.22. The predicted octanol–water partition coefficient (Wildman–Crippen LogP) is 2.56. The Labute approximate surface area is 74.6 Å². The molecule has 0 aliphatic rings. The molecule has 1 radical (unpaired) electrons. The van der Waals surface area contributed by atoms with E-state index >= 15 is 0 Å². The van der Waals surface area contributed by atoms with Crippen molar-refractivity contribution in [1.82, 2.24) is 9.55 Å². The number of hydrogen-bond donors (Lipinski definition) is 0. The Morgan fingerprint density at radius 3 is 2.33 bits per heavy atom. The third-order valence-electron chi connectivity index (χ3n) is 1.90. The number of nitrogens with zero attached hydrogens (tertiary/aromatic N) is 2. The molecule has 0 saturated carbocycles. The van der Waals surface area contributed by atoms with Crippen molar-refractivity contribution >= 4 is 0 Å². The summed E-state index contributed by atoms with van der Waals surface area (Å²) in [6.07, 6.45) is 4.88. The summed E-state index contributed by atoms with van der Waals surface area (Å²) in [6, 6.07) is 0.446. The first-order valence-electron chi connectivity index (χ1n) is 4.38. The highest BCUT2D eigenvalue weighted by atomic mass is 15.1. The Morgan fingerprint density at radius 1 is 1.42 bits per heavy atom. The average Bonchev–Trinajstić information content (AvgIpc) is 2.30. The van der Waals surface area contributed by atoms with E-state index in [0.29, 0.717) is 6.04 Å². The minimum absolute atomic E-state index is 0.164. The van der Waals surface area contributed by atoms with Gasteiger partial charge in [0.1, 0.15) is 0 Å².